The molecule has 1 aliphatic carbocycles. The van der Waals surface area contributed by atoms with Crippen molar-refractivity contribution < 1.29 is 24.2 Å². The first kappa shape index (κ1) is 21.2. The summed E-state index contributed by atoms with van der Waals surface area (Å²) in [7, 11) is 0. The maximum atomic E-state index is 13.4. The van der Waals surface area contributed by atoms with E-state index < -0.39 is 23.3 Å². The van der Waals surface area contributed by atoms with Crippen molar-refractivity contribution in [3.8, 4) is 0 Å². The Balaban J connectivity index is 1.52. The lowest BCUT2D eigenvalue weighted by Gasteiger charge is -2.34. The molecular weight excluding hydrogens is 382 g/mol. The Morgan fingerprint density at radius 3 is 2.33 bits per heavy atom. The average molecular weight is 416 g/mol. The van der Waals surface area contributed by atoms with Gasteiger partial charge < -0.3 is 14.6 Å². The first-order valence-corrected chi connectivity index (χ1v) is 11.2. The molecule has 4 rings (SSSR count). The van der Waals surface area contributed by atoms with Gasteiger partial charge in [-0.05, 0) is 52.0 Å². The van der Waals surface area contributed by atoms with Crippen molar-refractivity contribution in [2.24, 2.45) is 5.92 Å². The summed E-state index contributed by atoms with van der Waals surface area (Å²) in [6, 6.07) is 8.99. The van der Waals surface area contributed by atoms with Crippen LogP contribution in [0.25, 0.3) is 0 Å². The Bertz CT molecular complexity index is 783. The molecule has 6 heteroatoms. The maximum Gasteiger partial charge on any atom is 0.410 e. The van der Waals surface area contributed by atoms with E-state index in [9.17, 15) is 14.7 Å². The van der Waals surface area contributed by atoms with Crippen molar-refractivity contribution in [2.75, 3.05) is 0 Å². The molecule has 0 spiro atoms. The van der Waals surface area contributed by atoms with E-state index in [0.29, 0.717) is 12.0 Å². The van der Waals surface area contributed by atoms with Gasteiger partial charge in [-0.15, -0.1) is 0 Å². The summed E-state index contributed by atoms with van der Waals surface area (Å²) in [5, 5.41) is 11.6. The quantitative estimate of drug-likeness (QED) is 0.748. The molecule has 164 valence electrons. The molecule has 1 unspecified atom stereocenters. The Morgan fingerprint density at radius 1 is 1.03 bits per heavy atom. The smallest absolute Gasteiger partial charge is 0.410 e. The van der Waals surface area contributed by atoms with Gasteiger partial charge in [-0.2, -0.15) is 0 Å². The van der Waals surface area contributed by atoms with Gasteiger partial charge in [0.05, 0.1) is 6.04 Å². The lowest BCUT2D eigenvalue weighted by molar-refractivity contribution is -0.180. The fourth-order valence-electron chi connectivity index (χ4n) is 5.44. The molecule has 1 aromatic rings. The highest BCUT2D eigenvalue weighted by molar-refractivity contribution is 5.82. The standard InChI is InChI=1S/C24H33NO5/c1-23(2,3)30-22(27)25-18-13-14-19(25)20(15-18)29-21(26)24(28,17-11-7-8-12-17)16-9-5-4-6-10-16/h4-6,9-10,17-20,28H,7-8,11-15H2,1-3H3/t18?,19-,20+,24-/m1/s1. The van der Waals surface area contributed by atoms with Crippen molar-refractivity contribution in [3.05, 3.63) is 35.9 Å². The van der Waals surface area contributed by atoms with Crippen LogP contribution in [0.2, 0.25) is 0 Å². The van der Waals surface area contributed by atoms with E-state index in [1.165, 1.54) is 0 Å². The molecule has 2 aliphatic heterocycles. The molecule has 2 saturated heterocycles. The van der Waals surface area contributed by atoms with E-state index in [-0.39, 0.29) is 24.1 Å². The van der Waals surface area contributed by atoms with Crippen LogP contribution < -0.4 is 0 Å². The zero-order chi connectivity index (χ0) is 21.5. The molecule has 3 aliphatic rings. The molecule has 2 heterocycles. The molecule has 1 saturated carbocycles. The minimum absolute atomic E-state index is 0.0268. The van der Waals surface area contributed by atoms with Gasteiger partial charge in [0.1, 0.15) is 11.7 Å². The fraction of sp³-hybridized carbons (Fsp3) is 0.667. The molecular formula is C24H33NO5. The van der Waals surface area contributed by atoms with Crippen LogP contribution in [0, 0.1) is 5.92 Å². The van der Waals surface area contributed by atoms with Crippen LogP contribution in [-0.2, 0) is 19.9 Å². The normalized spacial score (nSPS) is 28.4. The number of carbonyl (C=O) groups is 2. The van der Waals surface area contributed by atoms with Gasteiger partial charge in [0.25, 0.3) is 0 Å². The third-order valence-corrected chi connectivity index (χ3v) is 6.81. The van der Waals surface area contributed by atoms with E-state index in [4.69, 9.17) is 9.47 Å². The number of fused-ring (bicyclic) bond motifs is 2. The average Bonchev–Trinajstić information content (AvgIpc) is 3.43. The van der Waals surface area contributed by atoms with Crippen LogP contribution in [0.5, 0.6) is 0 Å². The molecule has 0 radical (unpaired) electrons. The van der Waals surface area contributed by atoms with Crippen molar-refractivity contribution in [3.63, 3.8) is 0 Å². The van der Waals surface area contributed by atoms with Gasteiger partial charge in [-0.3, -0.25) is 4.90 Å². The van der Waals surface area contributed by atoms with E-state index >= 15 is 0 Å². The van der Waals surface area contributed by atoms with Crippen LogP contribution in [-0.4, -0.2) is 45.9 Å². The monoisotopic (exact) mass is 415 g/mol. The Labute approximate surface area is 178 Å². The first-order chi connectivity index (χ1) is 14.2. The minimum Gasteiger partial charge on any atom is -0.458 e. The number of esters is 1. The van der Waals surface area contributed by atoms with E-state index in [1.807, 2.05) is 39.0 Å². The third-order valence-electron chi connectivity index (χ3n) is 6.81. The Kier molecular flexibility index (Phi) is 5.56. The zero-order valence-corrected chi connectivity index (χ0v) is 18.2. The first-order valence-electron chi connectivity index (χ1n) is 11.2. The molecule has 1 aromatic carbocycles. The second-order valence-electron chi connectivity index (χ2n) is 9.98. The SMILES string of the molecule is CC(C)(C)OC(=O)N1C2CC[C@@H]1[C@@H](OC(=O)[C@@](O)(c1ccccc1)C1CCCC1)C2. The number of carbonyl (C=O) groups excluding carboxylic acids is 2. The number of nitrogens with zero attached hydrogens (tertiary/aromatic N) is 1. The van der Waals surface area contributed by atoms with E-state index in [1.54, 1.807) is 17.0 Å². The molecule has 4 atom stereocenters. The van der Waals surface area contributed by atoms with E-state index in [0.717, 1.165) is 38.5 Å². The number of hydrogen-bond donors (Lipinski definition) is 1. The number of amides is 1. The minimum atomic E-state index is -1.64. The van der Waals surface area contributed by atoms with Crippen LogP contribution in [0.15, 0.2) is 30.3 Å². The fourth-order valence-corrected chi connectivity index (χ4v) is 5.44. The highest BCUT2D eigenvalue weighted by Gasteiger charge is 2.54. The third kappa shape index (κ3) is 3.82. The summed E-state index contributed by atoms with van der Waals surface area (Å²) in [4.78, 5) is 27.8. The molecule has 1 N–H and O–H groups in total. The summed E-state index contributed by atoms with van der Waals surface area (Å²) in [5.41, 5.74) is -1.62. The van der Waals surface area contributed by atoms with Crippen molar-refractivity contribution in [1.82, 2.24) is 4.90 Å². The molecule has 0 aromatic heterocycles. The number of ether oxygens (including phenoxy) is 2. The molecule has 1 amide bonds. The maximum absolute atomic E-state index is 13.4. The van der Waals surface area contributed by atoms with Gasteiger partial charge in [0.15, 0.2) is 5.60 Å². The number of rotatable bonds is 4. The molecule has 30 heavy (non-hydrogen) atoms. The largest absolute Gasteiger partial charge is 0.458 e. The van der Waals surface area contributed by atoms with Crippen molar-refractivity contribution in [1.29, 1.82) is 0 Å². The Hall–Kier alpha value is -2.08. The van der Waals surface area contributed by atoms with Gasteiger partial charge in [-0.1, -0.05) is 43.2 Å². The summed E-state index contributed by atoms with van der Waals surface area (Å²) >= 11 is 0. The number of benzene rings is 1. The summed E-state index contributed by atoms with van der Waals surface area (Å²) in [5.74, 6) is -0.727. The molecule has 2 bridgehead atoms. The summed E-state index contributed by atoms with van der Waals surface area (Å²) in [6.07, 6.45) is 5.16. The number of hydrogen-bond acceptors (Lipinski definition) is 5. The number of aliphatic hydroxyl groups is 1. The molecule has 3 fully saturated rings. The highest BCUT2D eigenvalue weighted by atomic mass is 16.6. The van der Waals surface area contributed by atoms with Crippen LogP contribution in [0.4, 0.5) is 4.79 Å². The lowest BCUT2D eigenvalue weighted by atomic mass is 9.80. The highest BCUT2D eigenvalue weighted by Crippen LogP contribution is 2.44. The summed E-state index contributed by atoms with van der Waals surface area (Å²) in [6.45, 7) is 5.55. The van der Waals surface area contributed by atoms with Crippen LogP contribution in [0.1, 0.15) is 71.3 Å². The zero-order valence-electron chi connectivity index (χ0n) is 18.2. The van der Waals surface area contributed by atoms with Crippen molar-refractivity contribution in [2.45, 2.75) is 95.1 Å². The lowest BCUT2D eigenvalue weighted by Crippen LogP contribution is -2.47. The van der Waals surface area contributed by atoms with Gasteiger partial charge in [0.2, 0.25) is 0 Å². The van der Waals surface area contributed by atoms with Gasteiger partial charge in [-0.25, -0.2) is 9.59 Å². The second-order valence-corrected chi connectivity index (χ2v) is 9.98. The predicted molar refractivity (Wildman–Crippen MR) is 112 cm³/mol. The second kappa shape index (κ2) is 7.88. The Morgan fingerprint density at radius 2 is 1.70 bits per heavy atom. The van der Waals surface area contributed by atoms with Crippen LogP contribution >= 0.6 is 0 Å². The van der Waals surface area contributed by atoms with Gasteiger partial charge >= 0.3 is 12.1 Å². The predicted octanol–water partition coefficient (Wildman–Crippen LogP) is 4.15. The van der Waals surface area contributed by atoms with E-state index in [2.05, 4.69) is 0 Å². The summed E-state index contributed by atoms with van der Waals surface area (Å²) < 4.78 is 11.5. The van der Waals surface area contributed by atoms with Gasteiger partial charge in [0, 0.05) is 18.4 Å². The van der Waals surface area contributed by atoms with Crippen LogP contribution in [0.3, 0.4) is 0 Å². The molecule has 6 nitrogen and oxygen atoms in total. The van der Waals surface area contributed by atoms with Crippen molar-refractivity contribution >= 4 is 12.1 Å². The topological polar surface area (TPSA) is 76.1 Å².